The van der Waals surface area contributed by atoms with E-state index in [1.165, 1.54) is 12.4 Å². The van der Waals surface area contributed by atoms with Gasteiger partial charge in [-0.3, -0.25) is 9.59 Å². The number of methoxy groups -OCH3 is 2. The zero-order valence-electron chi connectivity index (χ0n) is 25.7. The smallest absolute Gasteiger partial charge is 0.253 e. The van der Waals surface area contributed by atoms with Crippen LogP contribution in [0.5, 0.6) is 11.5 Å². The zero-order valence-corrected chi connectivity index (χ0v) is 27.2. The van der Waals surface area contributed by atoms with Crippen molar-refractivity contribution < 1.29 is 23.8 Å². The van der Waals surface area contributed by atoms with Crippen molar-refractivity contribution >= 4 is 40.7 Å². The van der Waals surface area contributed by atoms with Crippen molar-refractivity contribution in [1.29, 1.82) is 0 Å². The Morgan fingerprint density at radius 2 is 1.73 bits per heavy atom. The molecule has 8 nitrogen and oxygen atoms in total. The van der Waals surface area contributed by atoms with E-state index in [1.807, 2.05) is 32.0 Å². The summed E-state index contributed by atoms with van der Waals surface area (Å²) in [5, 5.41) is 12.2. The van der Waals surface area contributed by atoms with Crippen LogP contribution in [-0.4, -0.2) is 44.0 Å². The second kappa shape index (κ2) is 13.4. The number of anilines is 1. The highest BCUT2D eigenvalue weighted by Gasteiger charge is 2.50. The number of carbonyl (C=O) groups is 2. The van der Waals surface area contributed by atoms with Gasteiger partial charge in [0.1, 0.15) is 16.9 Å². The van der Waals surface area contributed by atoms with E-state index in [0.29, 0.717) is 57.0 Å². The molecule has 1 aliphatic rings. The van der Waals surface area contributed by atoms with Gasteiger partial charge in [-0.2, -0.15) is 4.73 Å². The van der Waals surface area contributed by atoms with Gasteiger partial charge >= 0.3 is 0 Å². The molecule has 0 saturated heterocycles. The predicted molar refractivity (Wildman–Crippen MR) is 175 cm³/mol. The van der Waals surface area contributed by atoms with E-state index in [-0.39, 0.29) is 18.4 Å². The van der Waals surface area contributed by atoms with Gasteiger partial charge < -0.3 is 24.5 Å². The third-order valence-corrected chi connectivity index (χ3v) is 9.03. The molecule has 0 radical (unpaired) electrons. The fourth-order valence-corrected chi connectivity index (χ4v) is 6.40. The van der Waals surface area contributed by atoms with Crippen LogP contribution in [0.3, 0.4) is 0 Å². The maximum absolute atomic E-state index is 14.5. The summed E-state index contributed by atoms with van der Waals surface area (Å²) < 4.78 is 11.7. The molecular formula is C35H35Cl2N3O5. The molecule has 1 aromatic heterocycles. The van der Waals surface area contributed by atoms with Gasteiger partial charge in [0.25, 0.3) is 5.91 Å². The average Bonchev–Trinajstić information content (AvgIpc) is 3.25. The Bertz CT molecular complexity index is 1730. The first-order valence-corrected chi connectivity index (χ1v) is 15.5. The van der Waals surface area contributed by atoms with Gasteiger partial charge in [0, 0.05) is 58.1 Å². The number of pyridine rings is 1. The summed E-state index contributed by atoms with van der Waals surface area (Å²) in [6.45, 7) is 5.05. The van der Waals surface area contributed by atoms with E-state index in [0.717, 1.165) is 28.7 Å². The van der Waals surface area contributed by atoms with E-state index in [4.69, 9.17) is 32.7 Å². The molecule has 4 aromatic rings. The van der Waals surface area contributed by atoms with Gasteiger partial charge in [-0.1, -0.05) is 23.2 Å². The molecule has 2 heterocycles. The summed E-state index contributed by atoms with van der Waals surface area (Å²) in [6.07, 6.45) is 4.40. The normalized spacial score (nSPS) is 15.6. The minimum atomic E-state index is -1.21. The number of ether oxygens (including phenoxy) is 2. The summed E-state index contributed by atoms with van der Waals surface area (Å²) in [6, 6.07) is 19.5. The average molecular weight is 649 g/mol. The van der Waals surface area contributed by atoms with Crippen LogP contribution in [0, 0.1) is 5.21 Å². The van der Waals surface area contributed by atoms with E-state index in [9.17, 15) is 14.8 Å². The second-order valence-electron chi connectivity index (χ2n) is 11.1. The zero-order chi connectivity index (χ0) is 32.3. The van der Waals surface area contributed by atoms with Crippen molar-refractivity contribution in [2.75, 3.05) is 32.2 Å². The number of benzene rings is 3. The van der Waals surface area contributed by atoms with E-state index in [2.05, 4.69) is 0 Å². The minimum absolute atomic E-state index is 0.152. The Morgan fingerprint density at radius 3 is 2.42 bits per heavy atom. The van der Waals surface area contributed by atoms with Crippen LogP contribution in [0.1, 0.15) is 52.9 Å². The standard InChI is InChI=1S/C35H35Cl2N3O5/c1-5-38(16-6-7-23-14-17-39(43)18-15-23)33(41)24-9-12-30(37)28(19-24)35(2)29-20-26(36)10-13-31(29)40(34(35)42)22-25-8-11-27(44-3)21-32(25)45-4/h8-15,17-21H,5-7,16,22H2,1-4H3. The molecule has 45 heavy (non-hydrogen) atoms. The molecule has 10 heteroatoms. The van der Waals surface area contributed by atoms with Crippen LogP contribution in [-0.2, 0) is 23.2 Å². The fraction of sp³-hybridized carbons (Fsp3) is 0.286. The number of amides is 2. The van der Waals surface area contributed by atoms with Gasteiger partial charge in [0.15, 0.2) is 12.4 Å². The van der Waals surface area contributed by atoms with Gasteiger partial charge in [0.05, 0.1) is 20.8 Å². The van der Waals surface area contributed by atoms with Crippen molar-refractivity contribution in [3.8, 4) is 11.5 Å². The number of aryl methyl sites for hydroxylation is 1. The van der Waals surface area contributed by atoms with Crippen LogP contribution < -0.4 is 19.1 Å². The lowest BCUT2D eigenvalue weighted by Crippen LogP contribution is -2.39. The van der Waals surface area contributed by atoms with Gasteiger partial charge in [0.2, 0.25) is 5.91 Å². The SMILES string of the molecule is CCN(CCCc1cc[n+]([O-])cc1)C(=O)c1ccc(Cl)c(C2(C)C(=O)N(Cc3ccc(OC)cc3OC)c3ccc(Cl)cc32)c1. The molecule has 1 atom stereocenters. The first kappa shape index (κ1) is 32.1. The third kappa shape index (κ3) is 6.30. The summed E-state index contributed by atoms with van der Waals surface area (Å²) in [5.74, 6) is 0.893. The molecular weight excluding hydrogens is 613 g/mol. The maximum atomic E-state index is 14.5. The lowest BCUT2D eigenvalue weighted by molar-refractivity contribution is -0.605. The van der Waals surface area contributed by atoms with Gasteiger partial charge in [-0.05, 0) is 91.9 Å². The van der Waals surface area contributed by atoms with Crippen LogP contribution in [0.25, 0.3) is 0 Å². The van der Waals surface area contributed by atoms with Crippen molar-refractivity contribution in [3.05, 3.63) is 122 Å². The summed E-state index contributed by atoms with van der Waals surface area (Å²) in [7, 11) is 3.16. The second-order valence-corrected chi connectivity index (χ2v) is 11.9. The van der Waals surface area contributed by atoms with Crippen LogP contribution in [0.2, 0.25) is 10.0 Å². The number of carbonyl (C=O) groups excluding carboxylic acids is 2. The van der Waals surface area contributed by atoms with Crippen molar-refractivity contribution in [1.82, 2.24) is 4.90 Å². The number of aromatic nitrogens is 1. The quantitative estimate of drug-likeness (QED) is 0.135. The first-order chi connectivity index (χ1) is 21.6. The van der Waals surface area contributed by atoms with E-state index in [1.54, 1.807) is 72.6 Å². The molecule has 1 aliphatic heterocycles. The van der Waals surface area contributed by atoms with Gasteiger partial charge in [-0.25, -0.2) is 0 Å². The van der Waals surface area contributed by atoms with Gasteiger partial charge in [-0.15, -0.1) is 0 Å². The molecule has 0 bridgehead atoms. The Hall–Kier alpha value is -4.27. The van der Waals surface area contributed by atoms with Crippen LogP contribution in [0.4, 0.5) is 5.69 Å². The molecule has 234 valence electrons. The third-order valence-electron chi connectivity index (χ3n) is 8.47. The number of hydrogen-bond acceptors (Lipinski definition) is 5. The Labute approximate surface area is 273 Å². The summed E-state index contributed by atoms with van der Waals surface area (Å²) >= 11 is 13.3. The summed E-state index contributed by atoms with van der Waals surface area (Å²) in [4.78, 5) is 31.7. The molecule has 0 aliphatic carbocycles. The topological polar surface area (TPSA) is 86.0 Å². The lowest BCUT2D eigenvalue weighted by atomic mass is 9.76. The maximum Gasteiger partial charge on any atom is 0.253 e. The lowest BCUT2D eigenvalue weighted by Gasteiger charge is -2.28. The predicted octanol–water partition coefficient (Wildman–Crippen LogP) is 6.59. The molecule has 3 aromatic carbocycles. The Balaban J connectivity index is 1.46. The number of nitrogens with zero attached hydrogens (tertiary/aromatic N) is 3. The molecule has 0 saturated carbocycles. The fourth-order valence-electron chi connectivity index (χ4n) is 5.92. The van der Waals surface area contributed by atoms with E-state index >= 15 is 0 Å². The highest BCUT2D eigenvalue weighted by molar-refractivity contribution is 6.33. The number of halogens is 2. The largest absolute Gasteiger partial charge is 0.619 e. The Morgan fingerprint density at radius 1 is 0.978 bits per heavy atom. The highest BCUT2D eigenvalue weighted by atomic mass is 35.5. The number of fused-ring (bicyclic) bond motifs is 1. The molecule has 5 rings (SSSR count). The van der Waals surface area contributed by atoms with Crippen LogP contribution in [0.15, 0.2) is 79.1 Å². The minimum Gasteiger partial charge on any atom is -0.619 e. The molecule has 0 fully saturated rings. The van der Waals surface area contributed by atoms with Crippen molar-refractivity contribution in [3.63, 3.8) is 0 Å². The Kier molecular flexibility index (Phi) is 9.56. The monoisotopic (exact) mass is 647 g/mol. The van der Waals surface area contributed by atoms with Crippen molar-refractivity contribution in [2.24, 2.45) is 0 Å². The van der Waals surface area contributed by atoms with Crippen LogP contribution >= 0.6 is 23.2 Å². The highest BCUT2D eigenvalue weighted by Crippen LogP contribution is 2.49. The summed E-state index contributed by atoms with van der Waals surface area (Å²) in [5.41, 5.74) is 2.99. The molecule has 0 spiro atoms. The van der Waals surface area contributed by atoms with Crippen molar-refractivity contribution in [2.45, 2.75) is 38.6 Å². The molecule has 2 amide bonds. The molecule has 0 N–H and O–H groups in total. The first-order valence-electron chi connectivity index (χ1n) is 14.7. The number of rotatable bonds is 11. The molecule has 1 unspecified atom stereocenters. The number of hydrogen-bond donors (Lipinski definition) is 0. The van der Waals surface area contributed by atoms with E-state index < -0.39 is 5.41 Å².